The molecule has 0 spiro atoms. The summed E-state index contributed by atoms with van der Waals surface area (Å²) in [5.74, 6) is 1.48. The topological polar surface area (TPSA) is 69.0 Å². The van der Waals surface area contributed by atoms with Gasteiger partial charge in [0.2, 0.25) is 5.88 Å². The SMILES string of the molecule is O=C(Nc1ccc(Oc2ccc(-n3cccc3)nn2)cc1)c1ccc(Cl)s1. The standard InChI is InChI=1S/C19H13ClN4O2S/c20-16-8-7-15(27-16)19(25)21-13-3-5-14(6-4-13)26-18-10-9-17(22-23-18)24-11-1-2-12-24/h1-12H,(H,21,25). The van der Waals surface area contributed by atoms with Crippen LogP contribution in [-0.2, 0) is 0 Å². The van der Waals surface area contributed by atoms with E-state index in [0.29, 0.717) is 32.3 Å². The molecule has 0 aliphatic rings. The van der Waals surface area contributed by atoms with Crippen molar-refractivity contribution in [1.29, 1.82) is 0 Å². The van der Waals surface area contributed by atoms with E-state index >= 15 is 0 Å². The number of benzene rings is 1. The molecule has 134 valence electrons. The van der Waals surface area contributed by atoms with E-state index < -0.39 is 0 Å². The van der Waals surface area contributed by atoms with Crippen LogP contribution < -0.4 is 10.1 Å². The summed E-state index contributed by atoms with van der Waals surface area (Å²) in [6.45, 7) is 0. The van der Waals surface area contributed by atoms with E-state index in [1.165, 1.54) is 11.3 Å². The van der Waals surface area contributed by atoms with Crippen LogP contribution in [0.15, 0.2) is 73.1 Å². The highest BCUT2D eigenvalue weighted by Crippen LogP contribution is 2.24. The number of halogens is 1. The Bertz CT molecular complexity index is 1040. The van der Waals surface area contributed by atoms with Gasteiger partial charge in [-0.1, -0.05) is 11.6 Å². The highest BCUT2D eigenvalue weighted by molar-refractivity contribution is 7.18. The molecule has 8 heteroatoms. The van der Waals surface area contributed by atoms with Crippen LogP contribution in [0, 0.1) is 0 Å². The van der Waals surface area contributed by atoms with E-state index in [9.17, 15) is 4.79 Å². The molecule has 0 radical (unpaired) electrons. The molecular formula is C19H13ClN4O2S. The average molecular weight is 397 g/mol. The predicted octanol–water partition coefficient (Wildman–Crippen LogP) is 5.03. The number of rotatable bonds is 5. The zero-order chi connectivity index (χ0) is 18.6. The number of nitrogens with one attached hydrogen (secondary N) is 1. The summed E-state index contributed by atoms with van der Waals surface area (Å²) in [6, 6.07) is 17.8. The van der Waals surface area contributed by atoms with Gasteiger partial charge in [-0.05, 0) is 54.6 Å². The van der Waals surface area contributed by atoms with Crippen molar-refractivity contribution in [3.05, 3.63) is 82.3 Å². The van der Waals surface area contributed by atoms with Crippen LogP contribution >= 0.6 is 22.9 Å². The molecule has 6 nitrogen and oxygen atoms in total. The van der Waals surface area contributed by atoms with Gasteiger partial charge < -0.3 is 14.6 Å². The van der Waals surface area contributed by atoms with Crippen LogP contribution in [0.3, 0.4) is 0 Å². The van der Waals surface area contributed by atoms with Gasteiger partial charge in [-0.2, -0.15) is 0 Å². The van der Waals surface area contributed by atoms with Crippen molar-refractivity contribution in [2.75, 3.05) is 5.32 Å². The molecule has 0 unspecified atom stereocenters. The zero-order valence-corrected chi connectivity index (χ0v) is 15.4. The number of ether oxygens (including phenoxy) is 1. The van der Waals surface area contributed by atoms with Crippen LogP contribution in [0.2, 0.25) is 4.34 Å². The first-order valence-corrected chi connectivity index (χ1v) is 9.18. The predicted molar refractivity (Wildman–Crippen MR) is 105 cm³/mol. The molecule has 0 saturated heterocycles. The van der Waals surface area contributed by atoms with E-state index in [1.54, 1.807) is 42.5 Å². The Hall–Kier alpha value is -3.16. The Morgan fingerprint density at radius 1 is 1.00 bits per heavy atom. The van der Waals surface area contributed by atoms with E-state index in [-0.39, 0.29) is 5.91 Å². The maximum atomic E-state index is 12.1. The minimum absolute atomic E-state index is 0.202. The second kappa shape index (κ2) is 7.61. The number of amides is 1. The van der Waals surface area contributed by atoms with Crippen molar-refractivity contribution >= 4 is 34.5 Å². The zero-order valence-electron chi connectivity index (χ0n) is 13.9. The summed E-state index contributed by atoms with van der Waals surface area (Å²) in [6.07, 6.45) is 3.78. The molecule has 0 saturated carbocycles. The molecule has 0 aliphatic carbocycles. The van der Waals surface area contributed by atoms with Gasteiger partial charge in [0.15, 0.2) is 5.82 Å². The maximum absolute atomic E-state index is 12.1. The van der Waals surface area contributed by atoms with Crippen molar-refractivity contribution in [2.45, 2.75) is 0 Å². The Labute approximate surface area is 164 Å². The van der Waals surface area contributed by atoms with Crippen LogP contribution in [0.25, 0.3) is 5.82 Å². The third kappa shape index (κ3) is 4.16. The van der Waals surface area contributed by atoms with Gasteiger partial charge in [-0.25, -0.2) is 0 Å². The number of aromatic nitrogens is 3. The monoisotopic (exact) mass is 396 g/mol. The maximum Gasteiger partial charge on any atom is 0.265 e. The molecule has 4 aromatic rings. The highest BCUT2D eigenvalue weighted by atomic mass is 35.5. The van der Waals surface area contributed by atoms with E-state index in [2.05, 4.69) is 15.5 Å². The highest BCUT2D eigenvalue weighted by Gasteiger charge is 2.09. The van der Waals surface area contributed by atoms with Crippen molar-refractivity contribution in [1.82, 2.24) is 14.8 Å². The number of carbonyl (C=O) groups is 1. The summed E-state index contributed by atoms with van der Waals surface area (Å²) in [7, 11) is 0. The lowest BCUT2D eigenvalue weighted by atomic mass is 10.3. The first-order chi connectivity index (χ1) is 13.2. The minimum atomic E-state index is -0.202. The molecule has 1 N–H and O–H groups in total. The van der Waals surface area contributed by atoms with Crippen LogP contribution in [0.5, 0.6) is 11.6 Å². The first-order valence-electron chi connectivity index (χ1n) is 7.99. The fourth-order valence-corrected chi connectivity index (χ4v) is 3.29. The number of thiophene rings is 1. The number of anilines is 1. The van der Waals surface area contributed by atoms with Gasteiger partial charge in [0.25, 0.3) is 5.91 Å². The molecule has 4 rings (SSSR count). The van der Waals surface area contributed by atoms with E-state index in [4.69, 9.17) is 16.3 Å². The quantitative estimate of drug-likeness (QED) is 0.513. The second-order valence-corrected chi connectivity index (χ2v) is 7.22. The molecule has 0 atom stereocenters. The molecule has 3 heterocycles. The first kappa shape index (κ1) is 17.3. The Morgan fingerprint density at radius 2 is 1.78 bits per heavy atom. The lowest BCUT2D eigenvalue weighted by Gasteiger charge is -2.07. The molecule has 27 heavy (non-hydrogen) atoms. The molecule has 0 fully saturated rings. The van der Waals surface area contributed by atoms with Gasteiger partial charge in [-0.3, -0.25) is 4.79 Å². The lowest BCUT2D eigenvalue weighted by molar-refractivity contribution is 0.103. The number of nitrogens with zero attached hydrogens (tertiary/aromatic N) is 3. The molecule has 0 aliphatic heterocycles. The van der Waals surface area contributed by atoms with Crippen LogP contribution in [0.1, 0.15) is 9.67 Å². The average Bonchev–Trinajstić information content (AvgIpc) is 3.36. The van der Waals surface area contributed by atoms with Gasteiger partial charge >= 0.3 is 0 Å². The van der Waals surface area contributed by atoms with Gasteiger partial charge in [0, 0.05) is 24.1 Å². The van der Waals surface area contributed by atoms with Gasteiger partial charge in [0.1, 0.15) is 5.75 Å². The number of hydrogen-bond acceptors (Lipinski definition) is 5. The van der Waals surface area contributed by atoms with E-state index in [1.807, 2.05) is 35.2 Å². The van der Waals surface area contributed by atoms with Crippen molar-refractivity contribution in [3.8, 4) is 17.4 Å². The summed E-state index contributed by atoms with van der Waals surface area (Å²) >= 11 is 7.09. The summed E-state index contributed by atoms with van der Waals surface area (Å²) in [5.41, 5.74) is 0.658. The van der Waals surface area contributed by atoms with Crippen LogP contribution in [-0.4, -0.2) is 20.7 Å². The van der Waals surface area contributed by atoms with Crippen molar-refractivity contribution in [3.63, 3.8) is 0 Å². The second-order valence-electron chi connectivity index (χ2n) is 5.50. The lowest BCUT2D eigenvalue weighted by Crippen LogP contribution is -2.09. The van der Waals surface area contributed by atoms with Crippen molar-refractivity contribution in [2.24, 2.45) is 0 Å². The number of carbonyl (C=O) groups excluding carboxylic acids is 1. The number of hydrogen-bond donors (Lipinski definition) is 1. The van der Waals surface area contributed by atoms with Crippen molar-refractivity contribution < 1.29 is 9.53 Å². The summed E-state index contributed by atoms with van der Waals surface area (Å²) in [4.78, 5) is 12.7. The summed E-state index contributed by atoms with van der Waals surface area (Å²) < 4.78 is 8.12. The minimum Gasteiger partial charge on any atom is -0.438 e. The third-order valence-electron chi connectivity index (χ3n) is 3.63. The van der Waals surface area contributed by atoms with Gasteiger partial charge in [0.05, 0.1) is 9.21 Å². The fraction of sp³-hybridized carbons (Fsp3) is 0. The van der Waals surface area contributed by atoms with E-state index in [0.717, 1.165) is 0 Å². The Morgan fingerprint density at radius 3 is 2.41 bits per heavy atom. The molecular weight excluding hydrogens is 384 g/mol. The molecule has 1 amide bonds. The fourth-order valence-electron chi connectivity index (χ4n) is 2.35. The third-order valence-corrected chi connectivity index (χ3v) is 4.86. The molecule has 3 aromatic heterocycles. The largest absolute Gasteiger partial charge is 0.438 e. The van der Waals surface area contributed by atoms with Crippen LogP contribution in [0.4, 0.5) is 5.69 Å². The smallest absolute Gasteiger partial charge is 0.265 e. The summed E-state index contributed by atoms with van der Waals surface area (Å²) in [5, 5.41) is 11.0. The Balaban J connectivity index is 1.39. The van der Waals surface area contributed by atoms with Gasteiger partial charge in [-0.15, -0.1) is 21.5 Å². The molecule has 0 bridgehead atoms. The molecule has 1 aromatic carbocycles. The Kier molecular flexibility index (Phi) is 4.86. The normalized spacial score (nSPS) is 10.6.